The summed E-state index contributed by atoms with van der Waals surface area (Å²) < 4.78 is 29.1. The lowest BCUT2D eigenvalue weighted by Crippen LogP contribution is -2.64. The average molecular weight is 621 g/mol. The molecule has 0 aromatic carbocycles. The highest BCUT2D eigenvalue weighted by molar-refractivity contribution is 5.88. The standard InChI is InChI=1S/C32H44O12/c1-11-16(5)27(35)40-20-14-30(9,44-19(8)33)23-22(26-32(20,39)31(10,38)29(37)43-26)18(7)24(42-28(36)17(6)12-2)25(23)41-21(34)13-15(3)4/h12-13,16,20,23-26,38-39H,11,14H2,1-10H3/b17-12-/t16-,20-,23+,24-,25+,26-,30-,31+,32+/m0/s1. The van der Waals surface area contributed by atoms with Crippen molar-refractivity contribution >= 4 is 29.8 Å². The first-order chi connectivity index (χ1) is 20.3. The largest absolute Gasteiger partial charge is 0.459 e. The topological polar surface area (TPSA) is 172 Å². The summed E-state index contributed by atoms with van der Waals surface area (Å²) in [6, 6.07) is 0. The zero-order valence-electron chi connectivity index (χ0n) is 27.0. The van der Waals surface area contributed by atoms with Gasteiger partial charge in [0.15, 0.2) is 29.5 Å². The van der Waals surface area contributed by atoms with E-state index in [-0.39, 0.29) is 16.7 Å². The van der Waals surface area contributed by atoms with Gasteiger partial charge >= 0.3 is 29.8 Å². The van der Waals surface area contributed by atoms with Crippen LogP contribution in [0.15, 0.2) is 34.4 Å². The van der Waals surface area contributed by atoms with E-state index in [0.29, 0.717) is 12.0 Å². The minimum Gasteiger partial charge on any atom is -0.459 e. The van der Waals surface area contributed by atoms with E-state index in [1.807, 2.05) is 0 Å². The van der Waals surface area contributed by atoms with Crippen molar-refractivity contribution in [1.29, 1.82) is 0 Å². The van der Waals surface area contributed by atoms with Crippen molar-refractivity contribution < 1.29 is 57.9 Å². The maximum Gasteiger partial charge on any atom is 0.341 e. The lowest BCUT2D eigenvalue weighted by Gasteiger charge is -2.42. The smallest absolute Gasteiger partial charge is 0.341 e. The highest BCUT2D eigenvalue weighted by Crippen LogP contribution is 2.57. The molecule has 0 spiro atoms. The Labute approximate surface area is 257 Å². The fraction of sp³-hybridized carbons (Fsp3) is 0.656. The molecule has 244 valence electrons. The first-order valence-electron chi connectivity index (χ1n) is 14.7. The molecule has 0 bridgehead atoms. The van der Waals surface area contributed by atoms with Gasteiger partial charge in [0.2, 0.25) is 0 Å². The van der Waals surface area contributed by atoms with Crippen LogP contribution in [0.1, 0.15) is 82.1 Å². The number of hydrogen-bond acceptors (Lipinski definition) is 12. The summed E-state index contributed by atoms with van der Waals surface area (Å²) in [6.45, 7) is 15.2. The first kappa shape index (κ1) is 35.0. The van der Waals surface area contributed by atoms with Gasteiger partial charge in [-0.25, -0.2) is 14.4 Å². The lowest BCUT2D eigenvalue weighted by atomic mass is 9.75. The van der Waals surface area contributed by atoms with Gasteiger partial charge < -0.3 is 33.9 Å². The molecule has 12 heteroatoms. The van der Waals surface area contributed by atoms with Crippen LogP contribution in [0.25, 0.3) is 0 Å². The second-order valence-electron chi connectivity index (χ2n) is 12.6. The summed E-state index contributed by atoms with van der Waals surface area (Å²) in [6.07, 6.45) is -3.19. The third-order valence-corrected chi connectivity index (χ3v) is 8.97. The van der Waals surface area contributed by atoms with Crippen LogP contribution < -0.4 is 0 Å². The van der Waals surface area contributed by atoms with Gasteiger partial charge in [0.1, 0.15) is 11.7 Å². The SMILES string of the molecule is C/C=C(/C)C(=O)O[C@H]1C(C)=C2[C@H]([C@H]1OC(=O)C=C(C)C)[C@@](C)(OC(C)=O)C[C@H](OC(=O)[C@@H](C)CC)[C@@]1(O)[C@H]2OC(=O)[C@@]1(C)O. The van der Waals surface area contributed by atoms with E-state index >= 15 is 0 Å². The number of carbonyl (C=O) groups is 5. The number of ether oxygens (including phenoxy) is 5. The van der Waals surface area contributed by atoms with Crippen LogP contribution in [-0.2, 0) is 47.7 Å². The van der Waals surface area contributed by atoms with Crippen molar-refractivity contribution in [3.63, 3.8) is 0 Å². The second kappa shape index (κ2) is 12.5. The Morgan fingerprint density at radius 2 is 1.68 bits per heavy atom. The predicted octanol–water partition coefficient (Wildman–Crippen LogP) is 2.78. The van der Waals surface area contributed by atoms with Crippen molar-refractivity contribution in [3.8, 4) is 0 Å². The monoisotopic (exact) mass is 620 g/mol. The number of hydrogen-bond donors (Lipinski definition) is 2. The molecule has 2 fully saturated rings. The van der Waals surface area contributed by atoms with Crippen LogP contribution in [0.2, 0.25) is 0 Å². The van der Waals surface area contributed by atoms with Crippen LogP contribution in [0.4, 0.5) is 0 Å². The average Bonchev–Trinajstić information content (AvgIpc) is 3.25. The maximum atomic E-state index is 13.1. The Kier molecular flexibility index (Phi) is 9.91. The Hall–Kier alpha value is -3.51. The van der Waals surface area contributed by atoms with E-state index in [1.54, 1.807) is 41.5 Å². The molecule has 1 heterocycles. The summed E-state index contributed by atoms with van der Waals surface area (Å²) in [5.41, 5.74) is -5.67. The molecule has 0 unspecified atom stereocenters. The van der Waals surface area contributed by atoms with Crippen molar-refractivity contribution in [3.05, 3.63) is 34.4 Å². The van der Waals surface area contributed by atoms with Gasteiger partial charge in [-0.3, -0.25) is 9.59 Å². The molecule has 0 aromatic heterocycles. The third-order valence-electron chi connectivity index (χ3n) is 8.97. The van der Waals surface area contributed by atoms with Crippen molar-refractivity contribution in [2.24, 2.45) is 11.8 Å². The van der Waals surface area contributed by atoms with E-state index in [4.69, 9.17) is 23.7 Å². The molecule has 0 aromatic rings. The molecule has 0 radical (unpaired) electrons. The van der Waals surface area contributed by atoms with Gasteiger partial charge in [-0.2, -0.15) is 0 Å². The molecule has 1 saturated carbocycles. The number of esters is 5. The zero-order valence-corrected chi connectivity index (χ0v) is 27.0. The summed E-state index contributed by atoms with van der Waals surface area (Å²) in [7, 11) is 0. The van der Waals surface area contributed by atoms with Gasteiger partial charge in [-0.1, -0.05) is 25.5 Å². The fourth-order valence-corrected chi connectivity index (χ4v) is 6.22. The lowest BCUT2D eigenvalue weighted by molar-refractivity contribution is -0.213. The molecule has 3 rings (SSSR count). The van der Waals surface area contributed by atoms with Crippen LogP contribution in [0.5, 0.6) is 0 Å². The second-order valence-corrected chi connectivity index (χ2v) is 12.6. The molecular weight excluding hydrogens is 576 g/mol. The Balaban J connectivity index is 2.37. The van der Waals surface area contributed by atoms with E-state index in [1.165, 1.54) is 26.0 Å². The Morgan fingerprint density at radius 1 is 1.07 bits per heavy atom. The van der Waals surface area contributed by atoms with Gasteiger partial charge in [0.25, 0.3) is 0 Å². The van der Waals surface area contributed by atoms with Crippen LogP contribution in [-0.4, -0.2) is 81.3 Å². The zero-order chi connectivity index (χ0) is 33.5. The van der Waals surface area contributed by atoms with Crippen molar-refractivity contribution in [2.75, 3.05) is 0 Å². The molecule has 9 atom stereocenters. The summed E-state index contributed by atoms with van der Waals surface area (Å²) >= 11 is 0. The Bertz CT molecular complexity index is 1320. The van der Waals surface area contributed by atoms with E-state index in [0.717, 1.165) is 13.8 Å². The summed E-state index contributed by atoms with van der Waals surface area (Å²) in [5.74, 6) is -5.96. The summed E-state index contributed by atoms with van der Waals surface area (Å²) in [4.78, 5) is 64.9. The number of allylic oxidation sites excluding steroid dienone is 2. The molecule has 3 aliphatic rings. The van der Waals surface area contributed by atoms with E-state index < -0.39 is 89.3 Å². The number of carbonyl (C=O) groups excluding carboxylic acids is 5. The van der Waals surface area contributed by atoms with E-state index in [9.17, 15) is 34.2 Å². The van der Waals surface area contributed by atoms with Crippen molar-refractivity contribution in [2.45, 2.75) is 123 Å². The number of aliphatic hydroxyl groups is 2. The van der Waals surface area contributed by atoms with Crippen molar-refractivity contribution in [1.82, 2.24) is 0 Å². The van der Waals surface area contributed by atoms with Crippen LogP contribution >= 0.6 is 0 Å². The normalized spacial score (nSPS) is 35.4. The van der Waals surface area contributed by atoms with Gasteiger partial charge in [0, 0.05) is 25.0 Å². The predicted molar refractivity (Wildman–Crippen MR) is 154 cm³/mol. The molecule has 44 heavy (non-hydrogen) atoms. The Morgan fingerprint density at radius 3 is 2.20 bits per heavy atom. The molecular formula is C32H44O12. The molecule has 1 saturated heterocycles. The molecule has 2 N–H and O–H groups in total. The minimum absolute atomic E-state index is 0.107. The van der Waals surface area contributed by atoms with E-state index in [2.05, 4.69) is 0 Å². The highest BCUT2D eigenvalue weighted by atomic mass is 16.6. The molecule has 12 nitrogen and oxygen atoms in total. The quantitative estimate of drug-likeness (QED) is 0.176. The van der Waals surface area contributed by atoms with Crippen LogP contribution in [0, 0.1) is 11.8 Å². The maximum absolute atomic E-state index is 13.1. The fourth-order valence-electron chi connectivity index (χ4n) is 6.22. The third kappa shape index (κ3) is 5.93. The van der Waals surface area contributed by atoms with Gasteiger partial charge in [-0.05, 0) is 66.0 Å². The number of rotatable bonds is 8. The van der Waals surface area contributed by atoms with Gasteiger partial charge in [0.05, 0.1) is 11.8 Å². The molecule has 2 aliphatic carbocycles. The minimum atomic E-state index is -2.60. The summed E-state index contributed by atoms with van der Waals surface area (Å²) in [5, 5.41) is 23.9. The molecule has 0 amide bonds. The molecule has 1 aliphatic heterocycles. The van der Waals surface area contributed by atoms with Crippen LogP contribution in [0.3, 0.4) is 0 Å². The highest BCUT2D eigenvalue weighted by Gasteiger charge is 2.76. The number of fused-ring (bicyclic) bond motifs is 3. The van der Waals surface area contributed by atoms with Gasteiger partial charge in [-0.15, -0.1) is 0 Å². The first-order valence-corrected chi connectivity index (χ1v) is 14.7.